The lowest BCUT2D eigenvalue weighted by molar-refractivity contribution is -0.346. The summed E-state index contributed by atoms with van der Waals surface area (Å²) in [6.45, 7) is 6.89. The van der Waals surface area contributed by atoms with Crippen molar-refractivity contribution < 1.29 is 63.3 Å². The first-order valence-corrected chi connectivity index (χ1v) is 19.6. The minimum atomic E-state index is -2.35. The normalized spacial score (nSPS) is 33.0. The van der Waals surface area contributed by atoms with Gasteiger partial charge in [0.2, 0.25) is 0 Å². The van der Waals surface area contributed by atoms with E-state index in [-0.39, 0.29) is 35.3 Å². The van der Waals surface area contributed by atoms with Gasteiger partial charge in [-0.3, -0.25) is 14.4 Å². The fourth-order valence-corrected chi connectivity index (χ4v) is 9.94. The maximum Gasteiger partial charge on any atom is 0.338 e. The number of aliphatic hydroxyl groups excluding tert-OH is 3. The molecule has 3 fully saturated rings. The fourth-order valence-electron chi connectivity index (χ4n) is 9.94. The maximum atomic E-state index is 15.0. The molecule has 11 atom stereocenters. The van der Waals surface area contributed by atoms with E-state index < -0.39 is 107 Å². The Balaban J connectivity index is 1.34. The fraction of sp³-hybridized carbons (Fsp3) is 0.444. The number of hydrogen-bond donors (Lipinski definition) is 5. The molecule has 14 heteroatoms. The molecule has 3 aromatic carbocycles. The molecule has 0 spiro atoms. The zero-order valence-corrected chi connectivity index (χ0v) is 33.4. The number of fused-ring (bicyclic) bond motifs is 5. The maximum absolute atomic E-state index is 15.0. The van der Waals surface area contributed by atoms with E-state index in [1.165, 1.54) is 26.0 Å². The first-order chi connectivity index (χ1) is 27.9. The quantitative estimate of drug-likeness (QED) is 0.120. The smallest absolute Gasteiger partial charge is 0.338 e. The Kier molecular flexibility index (Phi) is 10.9. The molecule has 4 aliphatic rings. The van der Waals surface area contributed by atoms with Gasteiger partial charge < -0.3 is 44.7 Å². The number of aliphatic hydroxyl groups is 4. The lowest BCUT2D eigenvalue weighted by Gasteiger charge is -2.67. The number of ether oxygens (including phenoxy) is 4. The second kappa shape index (κ2) is 15.4. The number of hydrogen-bond acceptors (Lipinski definition) is 13. The van der Waals surface area contributed by atoms with Crippen LogP contribution in [0.4, 0.5) is 0 Å². The van der Waals surface area contributed by atoms with Gasteiger partial charge >= 0.3 is 17.9 Å². The lowest BCUT2D eigenvalue weighted by atomic mass is 9.44. The van der Waals surface area contributed by atoms with Crippen LogP contribution in [0.3, 0.4) is 0 Å². The van der Waals surface area contributed by atoms with E-state index >= 15 is 0 Å². The standard InChI is InChI=1S/C45H49NO13/c1-24-29(57-41(54)35(50)33(26-15-9-6-10-16-26)46-39(52)27-17-11-7-12-18-27)22-45(55)38(58-40(53)28-19-13-8-14-20-28)36-43(5,37(51)34(49)32(24)42(45,3)4)30(48)21-31-44(36,23-56-31)59-25(2)47/h6-20,29-31,33-36,38,48-50,55H,21-23H2,1-5H3,(H,46,52)/t29-,30+,31+,33-,34+,35+,36-,38-,43-,44+,45-/m0/s1. The molecular weight excluding hydrogens is 762 g/mol. The molecule has 7 rings (SSSR count). The lowest BCUT2D eigenvalue weighted by Crippen LogP contribution is -2.81. The Bertz CT molecular complexity index is 2160. The summed E-state index contributed by atoms with van der Waals surface area (Å²) in [6, 6.07) is 23.1. The molecule has 1 heterocycles. The van der Waals surface area contributed by atoms with E-state index in [1.807, 2.05) is 0 Å². The van der Waals surface area contributed by atoms with Crippen molar-refractivity contribution in [3.05, 3.63) is 119 Å². The van der Waals surface area contributed by atoms with Crippen molar-refractivity contribution in [2.24, 2.45) is 16.7 Å². The van der Waals surface area contributed by atoms with E-state index in [0.29, 0.717) is 5.56 Å². The minimum Gasteiger partial charge on any atom is -0.456 e. The zero-order chi connectivity index (χ0) is 42.7. The average Bonchev–Trinajstić information content (AvgIpc) is 3.21. The summed E-state index contributed by atoms with van der Waals surface area (Å²) in [5.74, 6) is -5.89. The highest BCUT2D eigenvalue weighted by molar-refractivity contribution is 5.95. The van der Waals surface area contributed by atoms with Gasteiger partial charge in [-0.15, -0.1) is 0 Å². The molecule has 5 N–H and O–H groups in total. The molecule has 2 bridgehead atoms. The van der Waals surface area contributed by atoms with Gasteiger partial charge in [0.25, 0.3) is 5.91 Å². The van der Waals surface area contributed by atoms with Crippen LogP contribution in [-0.4, -0.2) is 104 Å². The summed E-state index contributed by atoms with van der Waals surface area (Å²) < 4.78 is 24.2. The molecule has 0 aromatic heterocycles. The Hall–Kier alpha value is -5.25. The number of Topliss-reactive ketones (excluding diaryl/α,β-unsaturated/α-hetero) is 1. The first kappa shape index (κ1) is 41.9. The third-order valence-electron chi connectivity index (χ3n) is 13.2. The number of nitrogens with one attached hydrogen (secondary N) is 1. The Morgan fingerprint density at radius 2 is 1.44 bits per heavy atom. The summed E-state index contributed by atoms with van der Waals surface area (Å²) in [6.07, 6.45) is -10.5. The third-order valence-corrected chi connectivity index (χ3v) is 13.2. The van der Waals surface area contributed by atoms with Gasteiger partial charge in [-0.1, -0.05) is 80.6 Å². The van der Waals surface area contributed by atoms with E-state index in [4.69, 9.17) is 18.9 Å². The summed E-state index contributed by atoms with van der Waals surface area (Å²) in [4.78, 5) is 69.5. The van der Waals surface area contributed by atoms with Crippen molar-refractivity contribution in [2.45, 2.75) is 101 Å². The van der Waals surface area contributed by atoms with Crippen molar-refractivity contribution in [3.63, 3.8) is 0 Å². The highest BCUT2D eigenvalue weighted by Crippen LogP contribution is 2.64. The minimum absolute atomic E-state index is 0.0540. The Labute approximate surface area is 341 Å². The van der Waals surface area contributed by atoms with E-state index in [1.54, 1.807) is 92.7 Å². The zero-order valence-electron chi connectivity index (χ0n) is 33.4. The number of benzene rings is 3. The van der Waals surface area contributed by atoms with Gasteiger partial charge in [0.15, 0.2) is 17.5 Å². The van der Waals surface area contributed by atoms with Crippen molar-refractivity contribution in [1.29, 1.82) is 0 Å². The first-order valence-electron chi connectivity index (χ1n) is 19.6. The van der Waals surface area contributed by atoms with Crippen LogP contribution in [0, 0.1) is 16.7 Å². The van der Waals surface area contributed by atoms with Crippen LogP contribution in [0.5, 0.6) is 0 Å². The Morgan fingerprint density at radius 1 is 0.864 bits per heavy atom. The molecule has 14 nitrogen and oxygen atoms in total. The second-order valence-electron chi connectivity index (χ2n) is 16.8. The molecule has 0 unspecified atom stereocenters. The summed E-state index contributed by atoms with van der Waals surface area (Å²) in [7, 11) is 0. The molecule has 59 heavy (non-hydrogen) atoms. The predicted octanol–water partition coefficient (Wildman–Crippen LogP) is 3.16. The van der Waals surface area contributed by atoms with Gasteiger partial charge in [-0.2, -0.15) is 0 Å². The predicted molar refractivity (Wildman–Crippen MR) is 208 cm³/mol. The molecule has 312 valence electrons. The summed E-state index contributed by atoms with van der Waals surface area (Å²) in [5.41, 5.74) is -6.86. The third kappa shape index (κ3) is 6.76. The molecule has 3 aliphatic carbocycles. The molecule has 0 radical (unpaired) electrons. The van der Waals surface area contributed by atoms with Crippen LogP contribution in [0.2, 0.25) is 0 Å². The summed E-state index contributed by atoms with van der Waals surface area (Å²) in [5, 5.41) is 51.9. The van der Waals surface area contributed by atoms with Crippen molar-refractivity contribution in [2.75, 3.05) is 6.61 Å². The van der Waals surface area contributed by atoms with Crippen LogP contribution >= 0.6 is 0 Å². The molecular formula is C45H49NO13. The van der Waals surface area contributed by atoms with Crippen LogP contribution in [0.15, 0.2) is 102 Å². The number of rotatable bonds is 9. The largest absolute Gasteiger partial charge is 0.456 e. The second-order valence-corrected chi connectivity index (χ2v) is 16.8. The number of ketones is 1. The van der Waals surface area contributed by atoms with Crippen molar-refractivity contribution in [1.82, 2.24) is 5.32 Å². The van der Waals surface area contributed by atoms with Crippen LogP contribution in [0.1, 0.15) is 79.8 Å². The summed E-state index contributed by atoms with van der Waals surface area (Å²) >= 11 is 0. The highest BCUT2D eigenvalue weighted by Gasteiger charge is 2.78. The molecule has 3 aromatic rings. The van der Waals surface area contributed by atoms with Crippen molar-refractivity contribution >= 4 is 29.6 Å². The number of carbonyl (C=O) groups excluding carboxylic acids is 5. The topological polar surface area (TPSA) is 215 Å². The molecule has 1 aliphatic heterocycles. The number of amides is 1. The van der Waals surface area contributed by atoms with Crippen LogP contribution < -0.4 is 5.32 Å². The number of carbonyl (C=O) groups is 5. The van der Waals surface area contributed by atoms with Gasteiger partial charge in [-0.05, 0) is 54.8 Å². The SMILES string of the molecule is CC(=O)O[C@]12CO[C@@H]1C[C@@H](O)[C@]1(C)C(=O)[C@H](O)C3=C(C)[C@@H](OC(=O)[C@H](O)[C@@H](NC(=O)c4ccccc4)c4ccccc4)C[C@](O)([C@@H](OC(=O)c4ccccc4)[C@H]21)C3(C)C. The van der Waals surface area contributed by atoms with E-state index in [0.717, 1.165) is 6.92 Å². The van der Waals surface area contributed by atoms with E-state index in [2.05, 4.69) is 5.32 Å². The molecule has 2 saturated carbocycles. The highest BCUT2D eigenvalue weighted by atomic mass is 16.6. The van der Waals surface area contributed by atoms with Crippen molar-refractivity contribution in [3.8, 4) is 0 Å². The molecule has 1 saturated heterocycles. The van der Waals surface area contributed by atoms with Gasteiger partial charge in [-0.25, -0.2) is 9.59 Å². The van der Waals surface area contributed by atoms with Gasteiger partial charge in [0.1, 0.15) is 30.0 Å². The monoisotopic (exact) mass is 811 g/mol. The van der Waals surface area contributed by atoms with Crippen LogP contribution in [-0.2, 0) is 33.3 Å². The van der Waals surface area contributed by atoms with Gasteiger partial charge in [0, 0.05) is 30.7 Å². The van der Waals surface area contributed by atoms with Gasteiger partial charge in [0.05, 0.1) is 35.6 Å². The Morgan fingerprint density at radius 3 is 2.00 bits per heavy atom. The molecule has 1 amide bonds. The van der Waals surface area contributed by atoms with E-state index in [9.17, 15) is 44.4 Å². The van der Waals surface area contributed by atoms with Crippen LogP contribution in [0.25, 0.3) is 0 Å². The average molecular weight is 812 g/mol. The number of esters is 3.